The van der Waals surface area contributed by atoms with E-state index in [1.165, 1.54) is 6.20 Å². The van der Waals surface area contributed by atoms with Gasteiger partial charge in [-0.1, -0.05) is 43.6 Å². The molecule has 2 aromatic rings. The van der Waals surface area contributed by atoms with Gasteiger partial charge in [-0.15, -0.1) is 0 Å². The van der Waals surface area contributed by atoms with Gasteiger partial charge in [-0.25, -0.2) is 4.98 Å². The molecule has 0 spiro atoms. The van der Waals surface area contributed by atoms with Crippen LogP contribution in [0.5, 0.6) is 11.6 Å². The zero-order valence-electron chi connectivity index (χ0n) is 10.4. The molecule has 0 saturated heterocycles. The fraction of sp³-hybridized carbons (Fsp3) is 0.214. The Labute approximate surface area is 112 Å². The van der Waals surface area contributed by atoms with Gasteiger partial charge in [0, 0.05) is 0 Å². The first kappa shape index (κ1) is 12.7. The van der Waals surface area contributed by atoms with Crippen molar-refractivity contribution >= 4 is 17.3 Å². The van der Waals surface area contributed by atoms with E-state index in [-0.39, 0.29) is 0 Å². The Morgan fingerprint density at radius 3 is 2.67 bits per heavy atom. The van der Waals surface area contributed by atoms with E-state index in [9.17, 15) is 0 Å². The van der Waals surface area contributed by atoms with Crippen molar-refractivity contribution in [3.8, 4) is 11.6 Å². The van der Waals surface area contributed by atoms with Crippen molar-refractivity contribution in [1.29, 1.82) is 0 Å². The highest BCUT2D eigenvalue weighted by Crippen LogP contribution is 2.33. The van der Waals surface area contributed by atoms with Crippen molar-refractivity contribution < 1.29 is 4.74 Å². The molecular formula is C14H15ClN2O. The van der Waals surface area contributed by atoms with E-state index in [1.54, 1.807) is 6.07 Å². The van der Waals surface area contributed by atoms with Gasteiger partial charge in [0.25, 0.3) is 0 Å². The number of nitrogen functional groups attached to an aromatic ring is 1. The summed E-state index contributed by atoms with van der Waals surface area (Å²) in [5.74, 6) is 1.51. The molecule has 0 aliphatic heterocycles. The Hall–Kier alpha value is -1.74. The third kappa shape index (κ3) is 2.74. The van der Waals surface area contributed by atoms with Crippen LogP contribution in [0.1, 0.15) is 25.3 Å². The van der Waals surface area contributed by atoms with Crippen molar-refractivity contribution in [1.82, 2.24) is 4.98 Å². The summed E-state index contributed by atoms with van der Waals surface area (Å²) in [7, 11) is 0. The van der Waals surface area contributed by atoms with E-state index in [2.05, 4.69) is 18.8 Å². The molecule has 3 nitrogen and oxygen atoms in total. The number of hydrogen-bond donors (Lipinski definition) is 1. The molecule has 0 unspecified atom stereocenters. The highest BCUT2D eigenvalue weighted by Gasteiger charge is 2.10. The van der Waals surface area contributed by atoms with Gasteiger partial charge in [0.2, 0.25) is 5.88 Å². The number of pyridine rings is 1. The van der Waals surface area contributed by atoms with Crippen LogP contribution in [0.4, 0.5) is 5.69 Å². The maximum atomic E-state index is 6.04. The summed E-state index contributed by atoms with van der Waals surface area (Å²) < 4.78 is 5.76. The zero-order chi connectivity index (χ0) is 13.1. The molecule has 1 heterocycles. The number of rotatable bonds is 3. The minimum absolute atomic E-state index is 0.369. The third-order valence-corrected chi connectivity index (χ3v) is 2.85. The van der Waals surface area contributed by atoms with Crippen LogP contribution in [0.2, 0.25) is 5.02 Å². The van der Waals surface area contributed by atoms with Gasteiger partial charge in [-0.2, -0.15) is 0 Å². The summed E-state index contributed by atoms with van der Waals surface area (Å²) in [5, 5.41) is 0.411. The van der Waals surface area contributed by atoms with Gasteiger partial charge < -0.3 is 10.5 Å². The van der Waals surface area contributed by atoms with Crippen molar-refractivity contribution in [2.24, 2.45) is 0 Å². The van der Waals surface area contributed by atoms with Gasteiger partial charge in [0.05, 0.1) is 11.9 Å². The SMILES string of the molecule is CC(C)c1ccccc1Oc1ncc(N)cc1Cl. The monoisotopic (exact) mass is 262 g/mol. The minimum Gasteiger partial charge on any atom is -0.437 e. The van der Waals surface area contributed by atoms with Crippen LogP contribution < -0.4 is 10.5 Å². The van der Waals surface area contributed by atoms with Gasteiger partial charge in [-0.3, -0.25) is 0 Å². The number of benzene rings is 1. The van der Waals surface area contributed by atoms with Crippen LogP contribution in [0.25, 0.3) is 0 Å². The molecule has 94 valence electrons. The van der Waals surface area contributed by atoms with Crippen LogP contribution in [0.3, 0.4) is 0 Å². The van der Waals surface area contributed by atoms with Crippen LogP contribution >= 0.6 is 11.6 Å². The average Bonchev–Trinajstić information content (AvgIpc) is 2.33. The maximum absolute atomic E-state index is 6.04. The van der Waals surface area contributed by atoms with Gasteiger partial charge in [0.1, 0.15) is 10.8 Å². The van der Waals surface area contributed by atoms with Gasteiger partial charge >= 0.3 is 0 Å². The third-order valence-electron chi connectivity index (χ3n) is 2.58. The quantitative estimate of drug-likeness (QED) is 0.900. The molecular weight excluding hydrogens is 248 g/mol. The lowest BCUT2D eigenvalue weighted by Gasteiger charge is -2.13. The first-order valence-electron chi connectivity index (χ1n) is 5.75. The lowest BCUT2D eigenvalue weighted by Crippen LogP contribution is -1.96. The van der Waals surface area contributed by atoms with Gasteiger partial charge in [0.15, 0.2) is 0 Å². The normalized spacial score (nSPS) is 10.7. The predicted molar refractivity (Wildman–Crippen MR) is 74.3 cm³/mol. The highest BCUT2D eigenvalue weighted by atomic mass is 35.5. The topological polar surface area (TPSA) is 48.1 Å². The summed E-state index contributed by atoms with van der Waals surface area (Å²) in [6.45, 7) is 4.22. The molecule has 18 heavy (non-hydrogen) atoms. The van der Waals surface area contributed by atoms with E-state index >= 15 is 0 Å². The molecule has 2 rings (SSSR count). The molecule has 0 atom stereocenters. The van der Waals surface area contributed by atoms with E-state index in [4.69, 9.17) is 22.1 Å². The number of halogens is 1. The molecule has 0 fully saturated rings. The van der Waals surface area contributed by atoms with Crippen LogP contribution in [0.15, 0.2) is 36.5 Å². The molecule has 0 aliphatic rings. The number of aromatic nitrogens is 1. The van der Waals surface area contributed by atoms with Crippen LogP contribution in [-0.2, 0) is 0 Å². The van der Waals surface area contributed by atoms with E-state index < -0.39 is 0 Å². The molecule has 0 saturated carbocycles. The maximum Gasteiger partial charge on any atom is 0.238 e. The summed E-state index contributed by atoms with van der Waals surface area (Å²) in [6, 6.07) is 9.48. The standard InChI is InChI=1S/C14H15ClN2O/c1-9(2)11-5-3-4-6-13(11)18-14-12(15)7-10(16)8-17-14/h3-9H,16H2,1-2H3. The Kier molecular flexibility index (Phi) is 3.72. The van der Waals surface area contributed by atoms with E-state index in [0.29, 0.717) is 22.5 Å². The number of para-hydroxylation sites is 1. The molecule has 0 radical (unpaired) electrons. The smallest absolute Gasteiger partial charge is 0.238 e. The van der Waals surface area contributed by atoms with Crippen LogP contribution in [0, 0.1) is 0 Å². The molecule has 1 aromatic heterocycles. The fourth-order valence-corrected chi connectivity index (χ4v) is 1.88. The lowest BCUT2D eigenvalue weighted by molar-refractivity contribution is 0.455. The summed E-state index contributed by atoms with van der Waals surface area (Å²) >= 11 is 6.04. The number of hydrogen-bond acceptors (Lipinski definition) is 3. The first-order valence-corrected chi connectivity index (χ1v) is 6.13. The second-order valence-electron chi connectivity index (χ2n) is 4.35. The summed E-state index contributed by atoms with van der Waals surface area (Å²) in [4.78, 5) is 4.09. The van der Waals surface area contributed by atoms with E-state index in [0.717, 1.165) is 11.3 Å². The fourth-order valence-electron chi connectivity index (χ4n) is 1.67. The molecule has 4 heteroatoms. The molecule has 0 bridgehead atoms. The summed E-state index contributed by atoms with van der Waals surface area (Å²) in [6.07, 6.45) is 1.53. The molecule has 0 amide bonds. The van der Waals surface area contributed by atoms with Crippen LogP contribution in [-0.4, -0.2) is 4.98 Å². The number of ether oxygens (including phenoxy) is 1. The Morgan fingerprint density at radius 2 is 2.00 bits per heavy atom. The van der Waals surface area contributed by atoms with Crippen molar-refractivity contribution in [3.63, 3.8) is 0 Å². The molecule has 1 aromatic carbocycles. The summed E-state index contributed by atoms with van der Waals surface area (Å²) in [5.41, 5.74) is 7.23. The average molecular weight is 263 g/mol. The Balaban J connectivity index is 2.34. The number of anilines is 1. The lowest BCUT2D eigenvalue weighted by atomic mass is 10.0. The van der Waals surface area contributed by atoms with E-state index in [1.807, 2.05) is 24.3 Å². The first-order chi connectivity index (χ1) is 8.58. The largest absolute Gasteiger partial charge is 0.437 e. The Morgan fingerprint density at radius 1 is 1.28 bits per heavy atom. The molecule has 0 aliphatic carbocycles. The van der Waals surface area contributed by atoms with Gasteiger partial charge in [-0.05, 0) is 23.6 Å². The van der Waals surface area contributed by atoms with Crippen molar-refractivity contribution in [2.75, 3.05) is 5.73 Å². The number of nitrogens with zero attached hydrogens (tertiary/aromatic N) is 1. The highest BCUT2D eigenvalue weighted by molar-refractivity contribution is 6.32. The zero-order valence-corrected chi connectivity index (χ0v) is 11.1. The predicted octanol–water partition coefficient (Wildman–Crippen LogP) is 4.23. The minimum atomic E-state index is 0.369. The van der Waals surface area contributed by atoms with Crippen molar-refractivity contribution in [3.05, 3.63) is 47.1 Å². The molecule has 2 N–H and O–H groups in total. The number of nitrogens with two attached hydrogens (primary N) is 1. The second kappa shape index (κ2) is 5.27. The Bertz CT molecular complexity index is 555. The van der Waals surface area contributed by atoms with Crippen molar-refractivity contribution in [2.45, 2.75) is 19.8 Å². The second-order valence-corrected chi connectivity index (χ2v) is 4.76.